The van der Waals surface area contributed by atoms with E-state index in [4.69, 9.17) is 0 Å². The lowest BCUT2D eigenvalue weighted by Crippen LogP contribution is -2.33. The summed E-state index contributed by atoms with van der Waals surface area (Å²) in [6, 6.07) is 0. The zero-order valence-corrected chi connectivity index (χ0v) is 9.91. The standard InChI is InChI=1S/C11H21NO3/c1-4-6-12(7-5-2)8-11(14)9-15-10(3)13/h4-9H2,1-3H3. The van der Waals surface area contributed by atoms with E-state index in [0.29, 0.717) is 6.54 Å². The van der Waals surface area contributed by atoms with Gasteiger partial charge in [0.2, 0.25) is 0 Å². The topological polar surface area (TPSA) is 46.6 Å². The average Bonchev–Trinajstić information content (AvgIpc) is 2.15. The molecule has 0 saturated heterocycles. The van der Waals surface area contributed by atoms with E-state index in [1.807, 2.05) is 0 Å². The van der Waals surface area contributed by atoms with Gasteiger partial charge in [-0.05, 0) is 25.9 Å². The molecule has 0 radical (unpaired) electrons. The van der Waals surface area contributed by atoms with Crippen LogP contribution in [0.15, 0.2) is 0 Å². The minimum Gasteiger partial charge on any atom is -0.458 e. The second-order valence-electron chi connectivity index (χ2n) is 3.60. The van der Waals surface area contributed by atoms with E-state index < -0.39 is 5.97 Å². The smallest absolute Gasteiger partial charge is 0.303 e. The molecule has 88 valence electrons. The average molecular weight is 215 g/mol. The minimum atomic E-state index is -0.402. The highest BCUT2D eigenvalue weighted by Gasteiger charge is 2.10. The number of ether oxygens (including phenoxy) is 1. The summed E-state index contributed by atoms with van der Waals surface area (Å²) in [5, 5.41) is 0. The zero-order valence-electron chi connectivity index (χ0n) is 9.91. The van der Waals surface area contributed by atoms with Crippen LogP contribution in [0.3, 0.4) is 0 Å². The van der Waals surface area contributed by atoms with Crippen molar-refractivity contribution < 1.29 is 14.3 Å². The van der Waals surface area contributed by atoms with Gasteiger partial charge in [0.15, 0.2) is 12.4 Å². The maximum absolute atomic E-state index is 11.4. The quantitative estimate of drug-likeness (QED) is 0.571. The van der Waals surface area contributed by atoms with Gasteiger partial charge in [-0.25, -0.2) is 0 Å². The van der Waals surface area contributed by atoms with Crippen LogP contribution in [0.4, 0.5) is 0 Å². The Labute approximate surface area is 91.6 Å². The van der Waals surface area contributed by atoms with Crippen molar-refractivity contribution in [2.45, 2.75) is 33.6 Å². The van der Waals surface area contributed by atoms with E-state index in [9.17, 15) is 9.59 Å². The van der Waals surface area contributed by atoms with Crippen molar-refractivity contribution in [3.8, 4) is 0 Å². The van der Waals surface area contributed by atoms with E-state index in [1.165, 1.54) is 6.92 Å². The van der Waals surface area contributed by atoms with Crippen molar-refractivity contribution >= 4 is 11.8 Å². The van der Waals surface area contributed by atoms with Crippen molar-refractivity contribution in [2.24, 2.45) is 0 Å². The molecule has 0 heterocycles. The Morgan fingerprint density at radius 2 is 1.67 bits per heavy atom. The predicted octanol–water partition coefficient (Wildman–Crippen LogP) is 1.24. The molecule has 0 aromatic rings. The third-order valence-electron chi connectivity index (χ3n) is 1.92. The molecule has 0 unspecified atom stereocenters. The van der Waals surface area contributed by atoms with E-state index in [0.717, 1.165) is 25.9 Å². The molecule has 0 aliphatic heterocycles. The number of Topliss-reactive ketones (excluding diaryl/α,β-unsaturated/α-hetero) is 1. The third kappa shape index (κ3) is 8.12. The van der Waals surface area contributed by atoms with Crippen LogP contribution in [-0.2, 0) is 14.3 Å². The van der Waals surface area contributed by atoms with Crippen molar-refractivity contribution in [1.29, 1.82) is 0 Å². The van der Waals surface area contributed by atoms with Gasteiger partial charge in [-0.15, -0.1) is 0 Å². The van der Waals surface area contributed by atoms with Crippen molar-refractivity contribution in [1.82, 2.24) is 4.90 Å². The highest BCUT2D eigenvalue weighted by atomic mass is 16.5. The zero-order chi connectivity index (χ0) is 11.7. The molecule has 0 aromatic carbocycles. The number of hydrogen-bond acceptors (Lipinski definition) is 4. The number of carbonyl (C=O) groups excluding carboxylic acids is 2. The van der Waals surface area contributed by atoms with Gasteiger partial charge >= 0.3 is 5.97 Å². The molecule has 4 heteroatoms. The molecule has 0 aliphatic rings. The van der Waals surface area contributed by atoms with Crippen molar-refractivity contribution in [2.75, 3.05) is 26.2 Å². The molecule has 0 aromatic heterocycles. The van der Waals surface area contributed by atoms with Crippen LogP contribution in [0.1, 0.15) is 33.6 Å². The number of hydrogen-bond donors (Lipinski definition) is 0. The van der Waals surface area contributed by atoms with Crippen molar-refractivity contribution in [3.05, 3.63) is 0 Å². The summed E-state index contributed by atoms with van der Waals surface area (Å²) in [6.45, 7) is 7.59. The second-order valence-corrected chi connectivity index (χ2v) is 3.60. The molecule has 0 bridgehead atoms. The lowest BCUT2D eigenvalue weighted by atomic mass is 10.3. The lowest BCUT2D eigenvalue weighted by Gasteiger charge is -2.19. The largest absolute Gasteiger partial charge is 0.458 e. The van der Waals surface area contributed by atoms with Crippen LogP contribution in [0.2, 0.25) is 0 Å². The first-order valence-corrected chi connectivity index (χ1v) is 5.47. The first-order chi connectivity index (χ1) is 7.10. The van der Waals surface area contributed by atoms with Gasteiger partial charge in [0.05, 0.1) is 6.54 Å². The van der Waals surface area contributed by atoms with Gasteiger partial charge in [0, 0.05) is 6.92 Å². The number of carbonyl (C=O) groups is 2. The predicted molar refractivity (Wildman–Crippen MR) is 58.7 cm³/mol. The van der Waals surface area contributed by atoms with Crippen LogP contribution in [-0.4, -0.2) is 42.9 Å². The van der Waals surface area contributed by atoms with Crippen LogP contribution in [0, 0.1) is 0 Å². The summed E-state index contributed by atoms with van der Waals surface area (Å²) in [5.41, 5.74) is 0. The van der Waals surface area contributed by atoms with Gasteiger partial charge in [-0.1, -0.05) is 13.8 Å². The lowest BCUT2D eigenvalue weighted by molar-refractivity contribution is -0.146. The fraction of sp³-hybridized carbons (Fsp3) is 0.818. The number of rotatable bonds is 8. The normalized spacial score (nSPS) is 10.4. The summed E-state index contributed by atoms with van der Waals surface area (Å²) < 4.78 is 4.65. The molecule has 0 rings (SSSR count). The Balaban J connectivity index is 3.82. The molecule has 15 heavy (non-hydrogen) atoms. The molecule has 0 amide bonds. The van der Waals surface area contributed by atoms with Gasteiger partial charge < -0.3 is 4.74 Å². The molecule has 4 nitrogen and oxygen atoms in total. The summed E-state index contributed by atoms with van der Waals surface area (Å²) in [4.78, 5) is 24.0. The van der Waals surface area contributed by atoms with E-state index in [1.54, 1.807) is 0 Å². The number of nitrogens with zero attached hydrogens (tertiary/aromatic N) is 1. The van der Waals surface area contributed by atoms with Gasteiger partial charge in [-0.3, -0.25) is 14.5 Å². The Bertz CT molecular complexity index is 198. The van der Waals surface area contributed by atoms with Crippen LogP contribution in [0.5, 0.6) is 0 Å². The monoisotopic (exact) mass is 215 g/mol. The fourth-order valence-electron chi connectivity index (χ4n) is 1.38. The summed E-state index contributed by atoms with van der Waals surface area (Å²) >= 11 is 0. The van der Waals surface area contributed by atoms with E-state index in [-0.39, 0.29) is 12.4 Å². The van der Waals surface area contributed by atoms with Crippen molar-refractivity contribution in [3.63, 3.8) is 0 Å². The first-order valence-electron chi connectivity index (χ1n) is 5.47. The molecule has 0 saturated carbocycles. The number of esters is 1. The van der Waals surface area contributed by atoms with Crippen LogP contribution < -0.4 is 0 Å². The van der Waals surface area contributed by atoms with Crippen LogP contribution >= 0.6 is 0 Å². The highest BCUT2D eigenvalue weighted by molar-refractivity contribution is 5.83. The maximum Gasteiger partial charge on any atom is 0.303 e. The molecular formula is C11H21NO3. The minimum absolute atomic E-state index is 0.0351. The molecule has 0 fully saturated rings. The molecule has 0 atom stereocenters. The van der Waals surface area contributed by atoms with Crippen LogP contribution in [0.25, 0.3) is 0 Å². The Morgan fingerprint density at radius 3 is 2.07 bits per heavy atom. The van der Waals surface area contributed by atoms with E-state index >= 15 is 0 Å². The summed E-state index contributed by atoms with van der Waals surface area (Å²) in [6.07, 6.45) is 2.06. The molecule has 0 aliphatic carbocycles. The Morgan fingerprint density at radius 1 is 1.13 bits per heavy atom. The van der Waals surface area contributed by atoms with Gasteiger partial charge in [0.25, 0.3) is 0 Å². The van der Waals surface area contributed by atoms with Gasteiger partial charge in [-0.2, -0.15) is 0 Å². The number of ketones is 1. The van der Waals surface area contributed by atoms with Gasteiger partial charge in [0.1, 0.15) is 0 Å². The molecule has 0 spiro atoms. The summed E-state index contributed by atoms with van der Waals surface area (Å²) in [5.74, 6) is -0.437. The highest BCUT2D eigenvalue weighted by Crippen LogP contribution is 1.94. The second kappa shape index (κ2) is 8.41. The first kappa shape index (κ1) is 14.1. The third-order valence-corrected chi connectivity index (χ3v) is 1.92. The fourth-order valence-corrected chi connectivity index (χ4v) is 1.38. The Kier molecular flexibility index (Phi) is 7.91. The molecular weight excluding hydrogens is 194 g/mol. The Hall–Kier alpha value is -0.900. The molecule has 0 N–H and O–H groups in total. The summed E-state index contributed by atoms with van der Waals surface area (Å²) in [7, 11) is 0. The maximum atomic E-state index is 11.4. The van der Waals surface area contributed by atoms with E-state index in [2.05, 4.69) is 23.5 Å². The SMILES string of the molecule is CCCN(CCC)CC(=O)COC(C)=O.